The first kappa shape index (κ1) is 9.32. The van der Waals surface area contributed by atoms with Crippen molar-refractivity contribution in [2.75, 3.05) is 0 Å². The van der Waals surface area contributed by atoms with Crippen LogP contribution in [-0.2, 0) is 11.2 Å². The fourth-order valence-electron chi connectivity index (χ4n) is 1.21. The number of tetrazole rings is 1. The van der Waals surface area contributed by atoms with Gasteiger partial charge in [0, 0.05) is 12.4 Å². The minimum atomic E-state index is -1.21. The van der Waals surface area contributed by atoms with Crippen molar-refractivity contribution >= 4 is 5.97 Å². The van der Waals surface area contributed by atoms with Crippen LogP contribution in [0.5, 0.6) is 0 Å². The van der Waals surface area contributed by atoms with Gasteiger partial charge < -0.3 is 9.90 Å². The maximum Gasteiger partial charge on any atom is 0.162 e. The van der Waals surface area contributed by atoms with Gasteiger partial charge in [-0.2, -0.15) is 4.68 Å². The molecule has 0 spiro atoms. The van der Waals surface area contributed by atoms with E-state index < -0.39 is 5.97 Å². The number of aliphatic carboxylic acids is 1. The summed E-state index contributed by atoms with van der Waals surface area (Å²) in [4.78, 5) is 10.4. The van der Waals surface area contributed by atoms with Gasteiger partial charge >= 0.3 is 0 Å². The van der Waals surface area contributed by atoms with Crippen LogP contribution in [0.2, 0.25) is 0 Å². The first-order valence-corrected chi connectivity index (χ1v) is 4.30. The summed E-state index contributed by atoms with van der Waals surface area (Å²) in [5.74, 6) is -0.955. The molecule has 2 rings (SSSR count). The molecule has 0 bridgehead atoms. The highest BCUT2D eigenvalue weighted by atomic mass is 16.4. The lowest BCUT2D eigenvalue weighted by Gasteiger charge is -2.03. The standard InChI is InChI=1S/C9H8N4O2/c14-9(15)6-8-10-11-12-13(8)7-4-2-1-3-5-7/h1-5H,6H2,(H,14,15)/p-1. The zero-order chi connectivity index (χ0) is 10.7. The molecule has 0 atom stereocenters. The summed E-state index contributed by atoms with van der Waals surface area (Å²) in [6, 6.07) is 9.07. The van der Waals surface area contributed by atoms with Crippen LogP contribution in [0.15, 0.2) is 30.3 Å². The number of para-hydroxylation sites is 1. The topological polar surface area (TPSA) is 83.7 Å². The van der Waals surface area contributed by atoms with Gasteiger partial charge in [0.2, 0.25) is 0 Å². The van der Waals surface area contributed by atoms with Crippen molar-refractivity contribution in [2.45, 2.75) is 6.42 Å². The molecule has 0 amide bonds. The fourth-order valence-corrected chi connectivity index (χ4v) is 1.21. The number of hydrogen-bond acceptors (Lipinski definition) is 5. The summed E-state index contributed by atoms with van der Waals surface area (Å²) in [5.41, 5.74) is 0.721. The minimum Gasteiger partial charge on any atom is -0.550 e. The second kappa shape index (κ2) is 3.87. The van der Waals surface area contributed by atoms with E-state index in [1.807, 2.05) is 18.2 Å². The van der Waals surface area contributed by atoms with Crippen LogP contribution < -0.4 is 5.11 Å². The summed E-state index contributed by atoms with van der Waals surface area (Å²) < 4.78 is 1.37. The Morgan fingerprint density at radius 2 is 2.07 bits per heavy atom. The summed E-state index contributed by atoms with van der Waals surface area (Å²) in [5, 5.41) is 21.2. The molecular weight excluding hydrogens is 196 g/mol. The Balaban J connectivity index is 2.37. The number of carbonyl (C=O) groups excluding carboxylic acids is 1. The number of benzene rings is 1. The summed E-state index contributed by atoms with van der Waals surface area (Å²) in [6.07, 6.45) is -0.304. The molecule has 1 aromatic carbocycles. The number of aromatic nitrogens is 4. The van der Waals surface area contributed by atoms with Crippen molar-refractivity contribution < 1.29 is 9.90 Å². The van der Waals surface area contributed by atoms with E-state index in [1.165, 1.54) is 4.68 Å². The summed E-state index contributed by atoms with van der Waals surface area (Å²) >= 11 is 0. The molecule has 0 fully saturated rings. The Morgan fingerprint density at radius 1 is 1.33 bits per heavy atom. The normalized spacial score (nSPS) is 10.1. The molecule has 0 aliphatic carbocycles. The van der Waals surface area contributed by atoms with Gasteiger partial charge in [0.15, 0.2) is 5.82 Å². The largest absolute Gasteiger partial charge is 0.550 e. The Hall–Kier alpha value is -2.24. The first-order valence-electron chi connectivity index (χ1n) is 4.30. The molecule has 1 heterocycles. The highest BCUT2D eigenvalue weighted by Crippen LogP contribution is 2.06. The number of carboxylic acids is 1. The lowest BCUT2D eigenvalue weighted by Crippen LogP contribution is -2.26. The first-order chi connectivity index (χ1) is 7.27. The lowest BCUT2D eigenvalue weighted by molar-refractivity contribution is -0.304. The van der Waals surface area contributed by atoms with Crippen LogP contribution >= 0.6 is 0 Å². The van der Waals surface area contributed by atoms with Crippen molar-refractivity contribution in [3.8, 4) is 5.69 Å². The van der Waals surface area contributed by atoms with Crippen LogP contribution in [0.4, 0.5) is 0 Å². The molecule has 0 saturated heterocycles. The van der Waals surface area contributed by atoms with Gasteiger partial charge in [-0.15, -0.1) is 5.10 Å². The van der Waals surface area contributed by atoms with E-state index in [9.17, 15) is 9.90 Å². The van der Waals surface area contributed by atoms with Crippen LogP contribution in [-0.4, -0.2) is 26.2 Å². The lowest BCUT2D eigenvalue weighted by atomic mass is 10.3. The van der Waals surface area contributed by atoms with Gasteiger partial charge in [-0.05, 0) is 22.6 Å². The van der Waals surface area contributed by atoms with Gasteiger partial charge in [0.05, 0.1) is 5.69 Å². The molecule has 1 aromatic heterocycles. The molecule has 76 valence electrons. The quantitative estimate of drug-likeness (QED) is 0.635. The van der Waals surface area contributed by atoms with E-state index in [1.54, 1.807) is 12.1 Å². The van der Waals surface area contributed by atoms with Crippen molar-refractivity contribution in [1.29, 1.82) is 0 Å². The van der Waals surface area contributed by atoms with Crippen LogP contribution in [0, 0.1) is 0 Å². The van der Waals surface area contributed by atoms with E-state index in [0.29, 0.717) is 0 Å². The average Bonchev–Trinajstić information content (AvgIpc) is 2.66. The predicted octanol–water partition coefficient (Wildman–Crippen LogP) is -1.05. The van der Waals surface area contributed by atoms with Gasteiger partial charge in [0.25, 0.3) is 0 Å². The molecule has 2 aromatic rings. The Morgan fingerprint density at radius 3 is 2.73 bits per heavy atom. The molecule has 0 aliphatic heterocycles. The van der Waals surface area contributed by atoms with Crippen LogP contribution in [0.3, 0.4) is 0 Å². The zero-order valence-electron chi connectivity index (χ0n) is 7.70. The highest BCUT2D eigenvalue weighted by molar-refractivity contribution is 5.66. The van der Waals surface area contributed by atoms with E-state index in [4.69, 9.17) is 0 Å². The van der Waals surface area contributed by atoms with Crippen molar-refractivity contribution in [3.63, 3.8) is 0 Å². The van der Waals surface area contributed by atoms with Crippen molar-refractivity contribution in [2.24, 2.45) is 0 Å². The number of rotatable bonds is 3. The Bertz CT molecular complexity index is 466. The summed E-state index contributed by atoms with van der Waals surface area (Å²) in [7, 11) is 0. The minimum absolute atomic E-state index is 0.251. The number of carbonyl (C=O) groups is 1. The number of nitrogens with zero attached hydrogens (tertiary/aromatic N) is 4. The van der Waals surface area contributed by atoms with E-state index in [0.717, 1.165) is 5.69 Å². The van der Waals surface area contributed by atoms with Gasteiger partial charge in [-0.3, -0.25) is 0 Å². The molecule has 6 nitrogen and oxygen atoms in total. The smallest absolute Gasteiger partial charge is 0.162 e. The fraction of sp³-hybridized carbons (Fsp3) is 0.111. The zero-order valence-corrected chi connectivity index (χ0v) is 7.70. The number of carboxylic acid groups (broad SMARTS) is 1. The second-order valence-electron chi connectivity index (χ2n) is 2.89. The van der Waals surface area contributed by atoms with Crippen LogP contribution in [0.1, 0.15) is 5.82 Å². The summed E-state index contributed by atoms with van der Waals surface area (Å²) in [6.45, 7) is 0. The SMILES string of the molecule is O=C([O-])Cc1nnnn1-c1ccccc1. The Kier molecular flexibility index (Phi) is 2.40. The maximum absolute atomic E-state index is 10.4. The van der Waals surface area contributed by atoms with Gasteiger partial charge in [-0.1, -0.05) is 18.2 Å². The second-order valence-corrected chi connectivity index (χ2v) is 2.89. The molecule has 6 heteroatoms. The number of hydrogen-bond donors (Lipinski definition) is 0. The van der Waals surface area contributed by atoms with Gasteiger partial charge in [0.1, 0.15) is 0 Å². The molecule has 0 radical (unpaired) electrons. The maximum atomic E-state index is 10.4. The third kappa shape index (κ3) is 1.98. The van der Waals surface area contributed by atoms with E-state index in [-0.39, 0.29) is 12.2 Å². The Labute approximate surface area is 85.2 Å². The van der Waals surface area contributed by atoms with Gasteiger partial charge in [-0.25, -0.2) is 0 Å². The third-order valence-corrected chi connectivity index (χ3v) is 1.84. The average molecular weight is 203 g/mol. The monoisotopic (exact) mass is 203 g/mol. The molecular formula is C9H7N4O2-. The van der Waals surface area contributed by atoms with E-state index >= 15 is 0 Å². The third-order valence-electron chi connectivity index (χ3n) is 1.84. The van der Waals surface area contributed by atoms with Crippen LogP contribution in [0.25, 0.3) is 5.69 Å². The molecule has 15 heavy (non-hydrogen) atoms. The molecule has 0 saturated carbocycles. The molecule has 0 aliphatic rings. The van der Waals surface area contributed by atoms with E-state index in [2.05, 4.69) is 15.5 Å². The highest BCUT2D eigenvalue weighted by Gasteiger charge is 2.07. The molecule has 0 unspecified atom stereocenters. The predicted molar refractivity (Wildman–Crippen MR) is 47.9 cm³/mol. The van der Waals surface area contributed by atoms with Crippen molar-refractivity contribution in [3.05, 3.63) is 36.2 Å². The molecule has 0 N–H and O–H groups in total. The van der Waals surface area contributed by atoms with Crippen molar-refractivity contribution in [1.82, 2.24) is 20.2 Å².